The number of aryl methyl sites for hydroxylation is 3. The molecule has 233 valence electrons. The number of nitrogens with zero attached hydrogens (tertiary/aromatic N) is 3. The van der Waals surface area contributed by atoms with E-state index in [1.165, 1.54) is 33.4 Å². The van der Waals surface area contributed by atoms with Crippen LogP contribution >= 0.6 is 0 Å². The van der Waals surface area contributed by atoms with Crippen LogP contribution in [0.3, 0.4) is 0 Å². The van der Waals surface area contributed by atoms with Gasteiger partial charge in [0.25, 0.3) is 0 Å². The minimum atomic E-state index is 0. The molecule has 0 fully saturated rings. The zero-order valence-electron chi connectivity index (χ0n) is 27.1. The zero-order valence-corrected chi connectivity index (χ0v) is 29.5. The van der Waals surface area contributed by atoms with Gasteiger partial charge in [0, 0.05) is 37.1 Å². The number of hydrogen-bond donors (Lipinski definition) is 0. The van der Waals surface area contributed by atoms with Crippen LogP contribution in [0.5, 0.6) is 0 Å². The Bertz CT molecular complexity index is 2090. The maximum atomic E-state index is 5.76. The molecule has 4 nitrogen and oxygen atoms in total. The molecule has 0 unspecified atom stereocenters. The van der Waals surface area contributed by atoms with Crippen molar-refractivity contribution in [3.05, 3.63) is 138 Å². The summed E-state index contributed by atoms with van der Waals surface area (Å²) >= 11 is 0. The SMILES string of the molecule is Cc1cnc(-c2[c-]cc(C)c(-c3ccc(CC(C)(C)C)cc3)c2)cc1C.[Ir].[c-]1cnccc1-c1cc2c(cn1)oc1ccccc12. The second-order valence-corrected chi connectivity index (χ2v) is 12.8. The van der Waals surface area contributed by atoms with Crippen LogP contribution in [0.15, 0.2) is 108 Å². The van der Waals surface area contributed by atoms with Crippen molar-refractivity contribution < 1.29 is 24.5 Å². The van der Waals surface area contributed by atoms with Crippen LogP contribution in [-0.4, -0.2) is 15.0 Å². The first-order valence-electron chi connectivity index (χ1n) is 15.3. The number of benzene rings is 3. The van der Waals surface area contributed by atoms with Gasteiger partial charge in [0.15, 0.2) is 5.58 Å². The van der Waals surface area contributed by atoms with E-state index in [2.05, 4.69) is 117 Å². The quantitative estimate of drug-likeness (QED) is 0.167. The molecule has 4 heterocycles. The summed E-state index contributed by atoms with van der Waals surface area (Å²) in [5, 5.41) is 2.18. The van der Waals surface area contributed by atoms with Gasteiger partial charge in [-0.15, -0.1) is 35.4 Å². The summed E-state index contributed by atoms with van der Waals surface area (Å²) < 4.78 is 5.76. The Labute approximate surface area is 285 Å². The van der Waals surface area contributed by atoms with E-state index < -0.39 is 0 Å². The Morgan fingerprint density at radius 2 is 1.43 bits per heavy atom. The number of pyridine rings is 3. The second kappa shape index (κ2) is 13.9. The van der Waals surface area contributed by atoms with Crippen molar-refractivity contribution in [2.45, 2.75) is 48.0 Å². The van der Waals surface area contributed by atoms with Crippen molar-refractivity contribution in [1.82, 2.24) is 15.0 Å². The second-order valence-electron chi connectivity index (χ2n) is 12.8. The van der Waals surface area contributed by atoms with E-state index >= 15 is 0 Å². The van der Waals surface area contributed by atoms with Gasteiger partial charge in [0.2, 0.25) is 0 Å². The molecule has 0 saturated heterocycles. The third kappa shape index (κ3) is 7.50. The summed E-state index contributed by atoms with van der Waals surface area (Å²) in [5.74, 6) is 0. The third-order valence-corrected chi connectivity index (χ3v) is 7.97. The summed E-state index contributed by atoms with van der Waals surface area (Å²) in [5.41, 5.74) is 13.4. The first-order valence-corrected chi connectivity index (χ1v) is 15.3. The zero-order chi connectivity index (χ0) is 31.6. The molecule has 1 radical (unpaired) electrons. The first-order chi connectivity index (χ1) is 21.6. The topological polar surface area (TPSA) is 51.8 Å². The summed E-state index contributed by atoms with van der Waals surface area (Å²) in [6.07, 6.45) is 8.19. The molecule has 0 aliphatic carbocycles. The van der Waals surface area contributed by atoms with E-state index in [9.17, 15) is 0 Å². The van der Waals surface area contributed by atoms with Crippen molar-refractivity contribution in [1.29, 1.82) is 0 Å². The maximum Gasteiger partial charge on any atom is 0.151 e. The molecule has 0 aliphatic rings. The molecule has 0 spiro atoms. The van der Waals surface area contributed by atoms with Gasteiger partial charge in [0.05, 0.1) is 6.20 Å². The Balaban J connectivity index is 0.000000185. The fourth-order valence-corrected chi connectivity index (χ4v) is 5.46. The Hall–Kier alpha value is -4.44. The predicted molar refractivity (Wildman–Crippen MR) is 185 cm³/mol. The molecule has 0 aliphatic heterocycles. The summed E-state index contributed by atoms with van der Waals surface area (Å²) in [7, 11) is 0. The fourth-order valence-electron chi connectivity index (χ4n) is 5.46. The monoisotopic (exact) mass is 780 g/mol. The minimum Gasteiger partial charge on any atom is -0.455 e. The molecular formula is C41H37IrN3O-2. The molecule has 0 bridgehead atoms. The van der Waals surface area contributed by atoms with E-state index in [1.54, 1.807) is 18.6 Å². The van der Waals surface area contributed by atoms with Gasteiger partial charge >= 0.3 is 0 Å². The van der Waals surface area contributed by atoms with Crippen LogP contribution in [0.1, 0.15) is 43.0 Å². The third-order valence-electron chi connectivity index (χ3n) is 7.97. The molecule has 7 aromatic rings. The van der Waals surface area contributed by atoms with Crippen LogP contribution in [0.2, 0.25) is 0 Å². The molecule has 5 heteroatoms. The van der Waals surface area contributed by atoms with Gasteiger partial charge in [-0.2, -0.15) is 11.6 Å². The van der Waals surface area contributed by atoms with Crippen molar-refractivity contribution in [3.63, 3.8) is 0 Å². The van der Waals surface area contributed by atoms with Crippen LogP contribution < -0.4 is 0 Å². The smallest absolute Gasteiger partial charge is 0.151 e. The van der Waals surface area contributed by atoms with Crippen molar-refractivity contribution >= 4 is 21.9 Å². The number of para-hydroxylation sites is 1. The largest absolute Gasteiger partial charge is 0.455 e. The van der Waals surface area contributed by atoms with Gasteiger partial charge in [-0.1, -0.05) is 93.4 Å². The molecule has 46 heavy (non-hydrogen) atoms. The molecular weight excluding hydrogens is 743 g/mol. The van der Waals surface area contributed by atoms with Crippen molar-refractivity contribution in [3.8, 4) is 33.6 Å². The molecule has 0 atom stereocenters. The van der Waals surface area contributed by atoms with E-state index in [1.807, 2.05) is 36.5 Å². The maximum absolute atomic E-state index is 5.76. The number of aromatic nitrogens is 3. The predicted octanol–water partition coefficient (Wildman–Crippen LogP) is 10.6. The number of fused-ring (bicyclic) bond motifs is 3. The summed E-state index contributed by atoms with van der Waals surface area (Å²) in [4.78, 5) is 13.0. The van der Waals surface area contributed by atoms with Gasteiger partial charge in [0.1, 0.15) is 5.58 Å². The average molecular weight is 780 g/mol. The minimum absolute atomic E-state index is 0. The van der Waals surface area contributed by atoms with Crippen LogP contribution in [0.4, 0.5) is 0 Å². The van der Waals surface area contributed by atoms with Crippen molar-refractivity contribution in [2.75, 3.05) is 0 Å². The van der Waals surface area contributed by atoms with Gasteiger partial charge in [-0.3, -0.25) is 4.98 Å². The molecule has 4 aromatic heterocycles. The number of hydrogen-bond acceptors (Lipinski definition) is 4. The fraction of sp³-hybridized carbons (Fsp3) is 0.195. The molecule has 7 rings (SSSR count). The molecule has 0 saturated carbocycles. The average Bonchev–Trinajstić information content (AvgIpc) is 3.41. The van der Waals surface area contributed by atoms with Crippen LogP contribution in [0.25, 0.3) is 55.6 Å². The van der Waals surface area contributed by atoms with Crippen LogP contribution in [-0.2, 0) is 26.5 Å². The number of furan rings is 1. The summed E-state index contributed by atoms with van der Waals surface area (Å²) in [6, 6.07) is 33.8. The first kappa shape index (κ1) is 32.9. The summed E-state index contributed by atoms with van der Waals surface area (Å²) in [6.45, 7) is 13.2. The molecule has 0 amide bonds. The van der Waals surface area contributed by atoms with Gasteiger partial charge in [-0.25, -0.2) is 0 Å². The van der Waals surface area contributed by atoms with E-state index in [4.69, 9.17) is 4.42 Å². The van der Waals surface area contributed by atoms with Crippen molar-refractivity contribution in [2.24, 2.45) is 5.41 Å². The Kier molecular flexibility index (Phi) is 9.96. The van der Waals surface area contributed by atoms with Crippen LogP contribution in [0, 0.1) is 38.3 Å². The standard InChI is InChI=1S/C25H28N.C16H9N2O.Ir/c1-17-7-10-22(24-13-18(2)19(3)16-26-24)14-23(17)21-11-8-20(9-12-21)15-25(4,5)6;1-2-4-15-12(3-1)13-9-14(18-10-16(13)19-15)11-5-7-17-8-6-11;/h7-9,11-14,16H,15H2,1-6H3;1-5,7-10H;/q2*-1;. The van der Waals surface area contributed by atoms with E-state index in [0.717, 1.165) is 50.9 Å². The van der Waals surface area contributed by atoms with Gasteiger partial charge in [-0.05, 0) is 72.2 Å². The van der Waals surface area contributed by atoms with E-state index in [0.29, 0.717) is 5.41 Å². The van der Waals surface area contributed by atoms with E-state index in [-0.39, 0.29) is 20.1 Å². The Morgan fingerprint density at radius 3 is 2.15 bits per heavy atom. The Morgan fingerprint density at radius 1 is 0.696 bits per heavy atom. The number of rotatable bonds is 4. The molecule has 0 N–H and O–H groups in total. The normalized spacial score (nSPS) is 11.2. The molecule has 3 aromatic carbocycles. The van der Waals surface area contributed by atoms with Gasteiger partial charge < -0.3 is 14.4 Å².